The third-order valence-corrected chi connectivity index (χ3v) is 7.79. The van der Waals surface area contributed by atoms with Crippen LogP contribution in [0.5, 0.6) is 0 Å². The lowest BCUT2D eigenvalue weighted by Crippen LogP contribution is -2.43. The fourth-order valence-electron chi connectivity index (χ4n) is 1.25. The van der Waals surface area contributed by atoms with E-state index in [2.05, 4.69) is 40.8 Å². The van der Waals surface area contributed by atoms with Gasteiger partial charge in [0.25, 0.3) is 0 Å². The topological polar surface area (TPSA) is 29.5 Å². The molecule has 0 amide bonds. The molecule has 0 aromatic carbocycles. The highest BCUT2D eigenvalue weighted by Gasteiger charge is 2.38. The maximum Gasteiger partial charge on any atom is 0.192 e. The van der Waals surface area contributed by atoms with Crippen molar-refractivity contribution in [2.45, 2.75) is 64.8 Å². The summed E-state index contributed by atoms with van der Waals surface area (Å²) in [6.07, 6.45) is 6.09. The van der Waals surface area contributed by atoms with Crippen LogP contribution in [0.4, 0.5) is 0 Å². The lowest BCUT2D eigenvalue weighted by atomic mass is 10.2. The predicted octanol–water partition coefficient (Wildman–Crippen LogP) is 3.73. The van der Waals surface area contributed by atoms with Gasteiger partial charge in [0, 0.05) is 0 Å². The SMILES string of the molecule is CCCC(/C=C\CO)O[Si](C)(C)C(C)(C)C. The van der Waals surface area contributed by atoms with Crippen molar-refractivity contribution in [1.82, 2.24) is 0 Å². The van der Waals surface area contributed by atoms with Crippen molar-refractivity contribution in [3.8, 4) is 0 Å². The Labute approximate surface area is 102 Å². The Balaban J connectivity index is 4.55. The van der Waals surface area contributed by atoms with E-state index in [4.69, 9.17) is 9.53 Å². The van der Waals surface area contributed by atoms with Gasteiger partial charge < -0.3 is 9.53 Å². The van der Waals surface area contributed by atoms with Crippen LogP contribution in [-0.4, -0.2) is 26.1 Å². The fourth-order valence-corrected chi connectivity index (χ4v) is 2.55. The highest BCUT2D eigenvalue weighted by Crippen LogP contribution is 2.37. The molecular formula is C13H28O2Si. The summed E-state index contributed by atoms with van der Waals surface area (Å²) in [5.74, 6) is 0. The number of rotatable bonds is 6. The Morgan fingerprint density at radius 3 is 2.25 bits per heavy atom. The van der Waals surface area contributed by atoms with Crippen LogP contribution >= 0.6 is 0 Å². The Morgan fingerprint density at radius 1 is 1.31 bits per heavy atom. The van der Waals surface area contributed by atoms with Crippen molar-refractivity contribution in [1.29, 1.82) is 0 Å². The van der Waals surface area contributed by atoms with Crippen LogP contribution in [0.25, 0.3) is 0 Å². The van der Waals surface area contributed by atoms with E-state index in [-0.39, 0.29) is 17.7 Å². The van der Waals surface area contributed by atoms with Gasteiger partial charge in [0.15, 0.2) is 8.32 Å². The van der Waals surface area contributed by atoms with E-state index in [1.165, 1.54) is 0 Å². The lowest BCUT2D eigenvalue weighted by Gasteiger charge is -2.38. The first-order valence-electron chi connectivity index (χ1n) is 6.20. The van der Waals surface area contributed by atoms with Gasteiger partial charge >= 0.3 is 0 Å². The molecule has 1 unspecified atom stereocenters. The second kappa shape index (κ2) is 6.57. The van der Waals surface area contributed by atoms with Crippen LogP contribution in [0.15, 0.2) is 12.2 Å². The van der Waals surface area contributed by atoms with Crippen LogP contribution in [0.3, 0.4) is 0 Å². The third-order valence-electron chi connectivity index (χ3n) is 3.28. The maximum absolute atomic E-state index is 8.81. The molecule has 0 heterocycles. The smallest absolute Gasteiger partial charge is 0.192 e. The minimum absolute atomic E-state index is 0.0983. The van der Waals surface area contributed by atoms with Crippen molar-refractivity contribution < 1.29 is 9.53 Å². The van der Waals surface area contributed by atoms with Gasteiger partial charge in [0.2, 0.25) is 0 Å². The molecule has 0 spiro atoms. The molecule has 2 nitrogen and oxygen atoms in total. The van der Waals surface area contributed by atoms with Gasteiger partial charge in [-0.25, -0.2) is 0 Å². The zero-order valence-corrected chi connectivity index (χ0v) is 12.7. The normalized spacial score (nSPS) is 15.7. The van der Waals surface area contributed by atoms with Crippen molar-refractivity contribution >= 4 is 8.32 Å². The number of aliphatic hydroxyl groups is 1. The highest BCUT2D eigenvalue weighted by molar-refractivity contribution is 6.74. The van der Waals surface area contributed by atoms with E-state index >= 15 is 0 Å². The van der Waals surface area contributed by atoms with E-state index in [1.807, 2.05) is 6.08 Å². The highest BCUT2D eigenvalue weighted by atomic mass is 28.4. The summed E-state index contributed by atoms with van der Waals surface area (Å²) >= 11 is 0. The van der Waals surface area contributed by atoms with Gasteiger partial charge in [-0.15, -0.1) is 0 Å². The van der Waals surface area contributed by atoms with Crippen LogP contribution < -0.4 is 0 Å². The predicted molar refractivity (Wildman–Crippen MR) is 73.2 cm³/mol. The molecule has 0 aliphatic rings. The van der Waals surface area contributed by atoms with Gasteiger partial charge in [-0.3, -0.25) is 0 Å². The average molecular weight is 244 g/mol. The molecule has 0 rings (SSSR count). The zero-order valence-electron chi connectivity index (χ0n) is 11.7. The molecular weight excluding hydrogens is 216 g/mol. The molecule has 0 aromatic heterocycles. The van der Waals surface area contributed by atoms with Gasteiger partial charge in [-0.2, -0.15) is 0 Å². The van der Waals surface area contributed by atoms with Crippen molar-refractivity contribution in [3.05, 3.63) is 12.2 Å². The Bertz CT molecular complexity index is 216. The van der Waals surface area contributed by atoms with E-state index in [0.29, 0.717) is 0 Å². The minimum Gasteiger partial charge on any atom is -0.411 e. The molecule has 1 N–H and O–H groups in total. The third kappa shape index (κ3) is 5.28. The summed E-state index contributed by atoms with van der Waals surface area (Å²) in [6.45, 7) is 13.5. The van der Waals surface area contributed by atoms with Crippen molar-refractivity contribution in [2.24, 2.45) is 0 Å². The standard InChI is InChI=1S/C13H28O2Si/c1-7-9-12(10-8-11-14)15-16(5,6)13(2,3)4/h8,10,12,14H,7,9,11H2,1-6H3/b10-8-. The summed E-state index contributed by atoms with van der Waals surface area (Å²) < 4.78 is 6.29. The van der Waals surface area contributed by atoms with Crippen LogP contribution in [0.2, 0.25) is 18.1 Å². The Kier molecular flexibility index (Phi) is 6.52. The molecule has 0 saturated heterocycles. The largest absolute Gasteiger partial charge is 0.411 e. The molecule has 0 aromatic rings. The molecule has 16 heavy (non-hydrogen) atoms. The number of hydrogen-bond acceptors (Lipinski definition) is 2. The molecule has 0 radical (unpaired) electrons. The Morgan fingerprint density at radius 2 is 1.88 bits per heavy atom. The molecule has 0 bridgehead atoms. The monoisotopic (exact) mass is 244 g/mol. The van der Waals surface area contributed by atoms with Crippen molar-refractivity contribution in [3.63, 3.8) is 0 Å². The second-order valence-corrected chi connectivity index (χ2v) is 10.6. The van der Waals surface area contributed by atoms with Crippen molar-refractivity contribution in [2.75, 3.05) is 6.61 Å². The molecule has 0 aliphatic heterocycles. The first-order chi connectivity index (χ1) is 7.24. The summed E-state index contributed by atoms with van der Waals surface area (Å²) in [5, 5.41) is 9.05. The average Bonchev–Trinajstić information content (AvgIpc) is 2.12. The van der Waals surface area contributed by atoms with E-state index in [9.17, 15) is 0 Å². The van der Waals surface area contributed by atoms with Crippen LogP contribution in [0.1, 0.15) is 40.5 Å². The Hall–Kier alpha value is -0.123. The fraction of sp³-hybridized carbons (Fsp3) is 0.846. The quantitative estimate of drug-likeness (QED) is 0.570. The molecule has 3 heteroatoms. The van der Waals surface area contributed by atoms with Gasteiger partial charge in [-0.05, 0) is 24.6 Å². The number of aliphatic hydroxyl groups excluding tert-OH is 1. The molecule has 0 saturated carbocycles. The first-order valence-corrected chi connectivity index (χ1v) is 9.10. The van der Waals surface area contributed by atoms with Crippen LogP contribution in [-0.2, 0) is 4.43 Å². The lowest BCUT2D eigenvalue weighted by molar-refractivity contribution is 0.212. The van der Waals surface area contributed by atoms with Gasteiger partial charge in [-0.1, -0.05) is 46.3 Å². The molecule has 1 atom stereocenters. The van der Waals surface area contributed by atoms with E-state index in [0.717, 1.165) is 12.8 Å². The van der Waals surface area contributed by atoms with Crippen LogP contribution in [0, 0.1) is 0 Å². The number of hydrogen-bond donors (Lipinski definition) is 1. The molecule has 96 valence electrons. The summed E-state index contributed by atoms with van der Waals surface area (Å²) in [5.41, 5.74) is 0. The van der Waals surface area contributed by atoms with E-state index < -0.39 is 8.32 Å². The summed E-state index contributed by atoms with van der Waals surface area (Å²) in [4.78, 5) is 0. The van der Waals surface area contributed by atoms with Gasteiger partial charge in [0.05, 0.1) is 12.7 Å². The zero-order chi connectivity index (χ0) is 12.8. The van der Waals surface area contributed by atoms with E-state index in [1.54, 1.807) is 6.08 Å². The summed E-state index contributed by atoms with van der Waals surface area (Å²) in [6, 6.07) is 0. The van der Waals surface area contributed by atoms with Gasteiger partial charge in [0.1, 0.15) is 0 Å². The minimum atomic E-state index is -1.69. The summed E-state index contributed by atoms with van der Waals surface area (Å²) in [7, 11) is -1.69. The molecule has 0 fully saturated rings. The molecule has 0 aliphatic carbocycles. The maximum atomic E-state index is 8.81. The second-order valence-electron chi connectivity index (χ2n) is 5.82. The first kappa shape index (κ1) is 15.9.